The minimum Gasteiger partial charge on any atom is -0.316 e. The molecule has 0 spiro atoms. The summed E-state index contributed by atoms with van der Waals surface area (Å²) >= 11 is 13.7. The zero-order valence-corrected chi connectivity index (χ0v) is 14.3. The van der Waals surface area contributed by atoms with Gasteiger partial charge in [0.05, 0.1) is 5.02 Å². The highest BCUT2D eigenvalue weighted by atomic mass is 35.5. The molecule has 1 aromatic carbocycles. The first-order chi connectivity index (χ1) is 9.95. The lowest BCUT2D eigenvalue weighted by Crippen LogP contribution is -2.23. The first-order valence-electron chi connectivity index (χ1n) is 6.09. The molecule has 0 fully saturated rings. The van der Waals surface area contributed by atoms with Crippen LogP contribution in [0, 0.1) is 0 Å². The predicted octanol–water partition coefficient (Wildman–Crippen LogP) is 3.25. The fourth-order valence-electron chi connectivity index (χ4n) is 1.78. The average Bonchev–Trinajstić information content (AvgIpc) is 2.94. The summed E-state index contributed by atoms with van der Waals surface area (Å²) in [5.74, 6) is 0. The lowest BCUT2D eigenvalue weighted by atomic mass is 10.2. The van der Waals surface area contributed by atoms with Gasteiger partial charge >= 0.3 is 0 Å². The average molecular weight is 365 g/mol. The Kier molecular flexibility index (Phi) is 5.65. The van der Waals surface area contributed by atoms with Crippen LogP contribution in [-0.2, 0) is 23.1 Å². The Bertz CT molecular complexity index is 716. The molecule has 2 rings (SSSR count). The standard InChI is InChI=1S/C13H14Cl2N2O2S2/c1-16-8-10-11(14)4-5-12(13(10)15)21(18,19)17-7-9-3-2-6-20-9/h2-6,16-17H,7-8H2,1H3. The molecule has 21 heavy (non-hydrogen) atoms. The van der Waals surface area contributed by atoms with E-state index in [1.54, 1.807) is 13.1 Å². The summed E-state index contributed by atoms with van der Waals surface area (Å²) in [4.78, 5) is 0.967. The van der Waals surface area contributed by atoms with Crippen LogP contribution in [0.25, 0.3) is 0 Å². The van der Waals surface area contributed by atoms with Crippen molar-refractivity contribution in [1.29, 1.82) is 0 Å². The second kappa shape index (κ2) is 7.09. The molecule has 0 amide bonds. The number of nitrogens with one attached hydrogen (secondary N) is 2. The van der Waals surface area contributed by atoms with Crippen LogP contribution < -0.4 is 10.0 Å². The van der Waals surface area contributed by atoms with Gasteiger partial charge in [0.2, 0.25) is 10.0 Å². The monoisotopic (exact) mass is 364 g/mol. The van der Waals surface area contributed by atoms with Crippen LogP contribution in [0.1, 0.15) is 10.4 Å². The number of thiophene rings is 1. The number of hydrogen-bond donors (Lipinski definition) is 2. The molecular weight excluding hydrogens is 351 g/mol. The van der Waals surface area contributed by atoms with Crippen molar-refractivity contribution in [2.24, 2.45) is 0 Å². The molecule has 8 heteroatoms. The molecule has 0 aliphatic carbocycles. The van der Waals surface area contributed by atoms with Crippen molar-refractivity contribution in [3.63, 3.8) is 0 Å². The van der Waals surface area contributed by atoms with Crippen molar-refractivity contribution >= 4 is 44.6 Å². The molecule has 0 saturated heterocycles. The Labute approximate surface area is 138 Å². The van der Waals surface area contributed by atoms with Crippen LogP contribution in [0.2, 0.25) is 10.0 Å². The van der Waals surface area contributed by atoms with E-state index in [1.165, 1.54) is 17.4 Å². The van der Waals surface area contributed by atoms with Gasteiger partial charge in [-0.1, -0.05) is 29.3 Å². The van der Waals surface area contributed by atoms with Gasteiger partial charge in [0, 0.05) is 28.6 Å². The summed E-state index contributed by atoms with van der Waals surface area (Å²) < 4.78 is 27.3. The zero-order chi connectivity index (χ0) is 15.5. The number of benzene rings is 1. The van der Waals surface area contributed by atoms with Gasteiger partial charge in [-0.3, -0.25) is 0 Å². The number of hydrogen-bond acceptors (Lipinski definition) is 4. The maximum atomic E-state index is 12.4. The smallest absolute Gasteiger partial charge is 0.242 e. The van der Waals surface area contributed by atoms with Crippen molar-refractivity contribution in [2.45, 2.75) is 18.0 Å². The lowest BCUT2D eigenvalue weighted by Gasteiger charge is -2.12. The third kappa shape index (κ3) is 3.97. The van der Waals surface area contributed by atoms with E-state index in [0.717, 1.165) is 4.88 Å². The van der Waals surface area contributed by atoms with Gasteiger partial charge in [-0.05, 0) is 30.6 Å². The lowest BCUT2D eigenvalue weighted by molar-refractivity contribution is 0.581. The molecule has 0 unspecified atom stereocenters. The Balaban J connectivity index is 2.29. The summed E-state index contributed by atoms with van der Waals surface area (Å²) in [5.41, 5.74) is 0.569. The van der Waals surface area contributed by atoms with E-state index in [1.807, 2.05) is 17.5 Å². The Morgan fingerprint density at radius 1 is 1.19 bits per heavy atom. The van der Waals surface area contributed by atoms with Crippen molar-refractivity contribution in [2.75, 3.05) is 7.05 Å². The van der Waals surface area contributed by atoms with Crippen LogP contribution >= 0.6 is 34.5 Å². The molecule has 4 nitrogen and oxygen atoms in total. The van der Waals surface area contributed by atoms with Crippen molar-refractivity contribution in [3.05, 3.63) is 50.1 Å². The van der Waals surface area contributed by atoms with Crippen molar-refractivity contribution in [1.82, 2.24) is 10.0 Å². The summed E-state index contributed by atoms with van der Waals surface area (Å²) in [6.07, 6.45) is 0. The molecule has 0 bridgehead atoms. The molecular formula is C13H14Cl2N2O2S2. The van der Waals surface area contributed by atoms with Gasteiger partial charge in [-0.25, -0.2) is 13.1 Å². The van der Waals surface area contributed by atoms with E-state index in [-0.39, 0.29) is 16.5 Å². The van der Waals surface area contributed by atoms with Crippen LogP contribution in [-0.4, -0.2) is 15.5 Å². The minimum absolute atomic E-state index is 0.0374. The Morgan fingerprint density at radius 3 is 2.57 bits per heavy atom. The van der Waals surface area contributed by atoms with Crippen LogP contribution in [0.3, 0.4) is 0 Å². The quantitative estimate of drug-likeness (QED) is 0.826. The Hall–Kier alpha value is -0.630. The van der Waals surface area contributed by atoms with Crippen LogP contribution in [0.15, 0.2) is 34.5 Å². The van der Waals surface area contributed by atoms with E-state index < -0.39 is 10.0 Å². The molecule has 1 heterocycles. The molecule has 0 aliphatic heterocycles. The van der Waals surface area contributed by atoms with E-state index in [4.69, 9.17) is 23.2 Å². The topological polar surface area (TPSA) is 58.2 Å². The fourth-order valence-corrected chi connectivity index (χ4v) is 4.43. The second-order valence-corrected chi connectivity index (χ2v) is 7.83. The first-order valence-corrected chi connectivity index (χ1v) is 9.21. The minimum atomic E-state index is -3.69. The molecule has 2 aromatic rings. The molecule has 114 valence electrons. The first kappa shape index (κ1) is 16.7. The molecule has 0 saturated carbocycles. The highest BCUT2D eigenvalue weighted by Crippen LogP contribution is 2.31. The van der Waals surface area contributed by atoms with Crippen molar-refractivity contribution < 1.29 is 8.42 Å². The van der Waals surface area contributed by atoms with Gasteiger partial charge < -0.3 is 5.32 Å². The van der Waals surface area contributed by atoms with Gasteiger partial charge in [0.1, 0.15) is 4.90 Å². The molecule has 2 N–H and O–H groups in total. The number of halogens is 2. The van der Waals surface area contributed by atoms with Crippen molar-refractivity contribution in [3.8, 4) is 0 Å². The van der Waals surface area contributed by atoms with E-state index in [2.05, 4.69) is 10.0 Å². The molecule has 1 aromatic heterocycles. The van der Waals surface area contributed by atoms with Gasteiger partial charge in [0.15, 0.2) is 0 Å². The molecule has 0 atom stereocenters. The maximum absolute atomic E-state index is 12.4. The number of sulfonamides is 1. The zero-order valence-electron chi connectivity index (χ0n) is 11.2. The maximum Gasteiger partial charge on any atom is 0.242 e. The summed E-state index contributed by atoms with van der Waals surface area (Å²) in [5, 5.41) is 5.39. The normalized spacial score (nSPS) is 11.8. The third-order valence-electron chi connectivity index (χ3n) is 2.81. The van der Waals surface area contributed by atoms with Gasteiger partial charge in [-0.2, -0.15) is 0 Å². The number of rotatable bonds is 6. The van der Waals surface area contributed by atoms with Crippen LogP contribution in [0.4, 0.5) is 0 Å². The summed E-state index contributed by atoms with van der Waals surface area (Å²) in [7, 11) is -1.95. The van der Waals surface area contributed by atoms with Crippen LogP contribution in [0.5, 0.6) is 0 Å². The largest absolute Gasteiger partial charge is 0.316 e. The highest BCUT2D eigenvalue weighted by molar-refractivity contribution is 7.89. The summed E-state index contributed by atoms with van der Waals surface area (Å²) in [6.45, 7) is 0.631. The van der Waals surface area contributed by atoms with E-state index >= 15 is 0 Å². The third-order valence-corrected chi connectivity index (χ3v) is 6.03. The highest BCUT2D eigenvalue weighted by Gasteiger charge is 2.21. The predicted molar refractivity (Wildman–Crippen MR) is 87.6 cm³/mol. The SMILES string of the molecule is CNCc1c(Cl)ccc(S(=O)(=O)NCc2cccs2)c1Cl. The van der Waals surface area contributed by atoms with E-state index in [0.29, 0.717) is 17.1 Å². The molecule has 0 aliphatic rings. The molecule has 0 radical (unpaired) electrons. The fraction of sp³-hybridized carbons (Fsp3) is 0.231. The van der Waals surface area contributed by atoms with Gasteiger partial charge in [0.25, 0.3) is 0 Å². The Morgan fingerprint density at radius 2 is 1.95 bits per heavy atom. The summed E-state index contributed by atoms with van der Waals surface area (Å²) in [6, 6.07) is 6.69. The van der Waals surface area contributed by atoms with Gasteiger partial charge in [-0.15, -0.1) is 11.3 Å². The second-order valence-electron chi connectivity index (χ2n) is 4.27. The van der Waals surface area contributed by atoms with E-state index in [9.17, 15) is 8.42 Å².